The van der Waals surface area contributed by atoms with Gasteiger partial charge >= 0.3 is 0 Å². The lowest BCUT2D eigenvalue weighted by molar-refractivity contribution is 0.627. The molecule has 0 saturated heterocycles. The molecule has 0 saturated carbocycles. The van der Waals surface area contributed by atoms with Crippen LogP contribution in [0.4, 0.5) is 10.1 Å². The van der Waals surface area contributed by atoms with Crippen LogP contribution < -0.4 is 5.32 Å². The lowest BCUT2D eigenvalue weighted by Crippen LogP contribution is -2.04. The van der Waals surface area contributed by atoms with Gasteiger partial charge in [-0.15, -0.1) is 0 Å². The predicted octanol–water partition coefficient (Wildman–Crippen LogP) is 3.61. The molecule has 0 unspecified atom stereocenters. The van der Waals surface area contributed by atoms with Crippen LogP contribution in [0.2, 0.25) is 0 Å². The van der Waals surface area contributed by atoms with Crippen molar-refractivity contribution in [2.24, 2.45) is 0 Å². The van der Waals surface area contributed by atoms with E-state index in [2.05, 4.69) is 11.4 Å². The van der Waals surface area contributed by atoms with Crippen LogP contribution in [0.3, 0.4) is 0 Å². The molecule has 0 fully saturated rings. The number of hydrogen-bond acceptors (Lipinski definition) is 2. The largest absolute Gasteiger partial charge is 0.384 e. The number of rotatable bonds is 4. The Labute approximate surface area is 101 Å². The summed E-state index contributed by atoms with van der Waals surface area (Å²) >= 11 is 0. The van der Waals surface area contributed by atoms with E-state index < -0.39 is 0 Å². The zero-order valence-corrected chi connectivity index (χ0v) is 9.67. The van der Waals surface area contributed by atoms with E-state index in [1.165, 1.54) is 37.0 Å². The first-order valence-corrected chi connectivity index (χ1v) is 5.91. The molecule has 1 aromatic rings. The quantitative estimate of drug-likeness (QED) is 0.802. The molecule has 0 amide bonds. The second-order valence-electron chi connectivity index (χ2n) is 4.23. The van der Waals surface area contributed by atoms with Crippen molar-refractivity contribution in [3.63, 3.8) is 0 Å². The maximum absolute atomic E-state index is 12.9. The summed E-state index contributed by atoms with van der Waals surface area (Å²) in [4.78, 5) is 0. The SMILES string of the molecule is N#Cc1cc(F)ccc1NCCC1=CCCC1. The molecule has 88 valence electrons. The van der Waals surface area contributed by atoms with Crippen LogP contribution in [0.1, 0.15) is 31.2 Å². The average molecular weight is 230 g/mol. The van der Waals surface area contributed by atoms with Gasteiger partial charge in [-0.05, 0) is 43.9 Å². The molecule has 1 aromatic carbocycles. The van der Waals surface area contributed by atoms with Crippen molar-refractivity contribution in [2.75, 3.05) is 11.9 Å². The highest BCUT2D eigenvalue weighted by molar-refractivity contribution is 5.57. The summed E-state index contributed by atoms with van der Waals surface area (Å²) in [6.07, 6.45) is 6.93. The molecule has 0 aromatic heterocycles. The number of nitriles is 1. The maximum atomic E-state index is 12.9. The molecular formula is C14H15FN2. The normalized spacial score (nSPS) is 14.2. The summed E-state index contributed by atoms with van der Waals surface area (Å²) in [5.74, 6) is -0.370. The van der Waals surface area contributed by atoms with Crippen molar-refractivity contribution < 1.29 is 4.39 Å². The Morgan fingerprint density at radius 1 is 1.41 bits per heavy atom. The van der Waals surface area contributed by atoms with Crippen LogP contribution in [0.5, 0.6) is 0 Å². The molecule has 2 rings (SSSR count). The molecule has 1 aliphatic carbocycles. The Balaban J connectivity index is 1.92. The standard InChI is InChI=1S/C14H15FN2/c15-13-5-6-14(12(9-13)10-16)17-8-7-11-3-1-2-4-11/h3,5-6,9,17H,1-2,4,7-8H2. The van der Waals surface area contributed by atoms with Crippen molar-refractivity contribution >= 4 is 5.69 Å². The predicted molar refractivity (Wildman–Crippen MR) is 66.2 cm³/mol. The number of allylic oxidation sites excluding steroid dienone is 1. The van der Waals surface area contributed by atoms with Crippen LogP contribution in [0.25, 0.3) is 0 Å². The van der Waals surface area contributed by atoms with Crippen molar-refractivity contribution in [3.05, 3.63) is 41.2 Å². The van der Waals surface area contributed by atoms with Crippen molar-refractivity contribution in [1.82, 2.24) is 0 Å². The fourth-order valence-electron chi connectivity index (χ4n) is 2.09. The molecule has 0 heterocycles. The number of hydrogen-bond donors (Lipinski definition) is 1. The third kappa shape index (κ3) is 3.07. The monoisotopic (exact) mass is 230 g/mol. The third-order valence-corrected chi connectivity index (χ3v) is 3.00. The Kier molecular flexibility index (Phi) is 3.77. The first-order chi connectivity index (χ1) is 8.29. The van der Waals surface area contributed by atoms with Gasteiger partial charge in [0.1, 0.15) is 11.9 Å². The molecule has 0 atom stereocenters. The van der Waals surface area contributed by atoms with Crippen LogP contribution >= 0.6 is 0 Å². The zero-order valence-electron chi connectivity index (χ0n) is 9.67. The molecular weight excluding hydrogens is 215 g/mol. The molecule has 3 heteroatoms. The summed E-state index contributed by atoms with van der Waals surface area (Å²) in [7, 11) is 0. The van der Waals surface area contributed by atoms with Crippen LogP contribution in [-0.2, 0) is 0 Å². The van der Waals surface area contributed by atoms with Crippen molar-refractivity contribution in [2.45, 2.75) is 25.7 Å². The first kappa shape index (κ1) is 11.7. The van der Waals surface area contributed by atoms with Gasteiger partial charge in [0.05, 0.1) is 11.3 Å². The molecule has 0 radical (unpaired) electrons. The Bertz CT molecular complexity index is 472. The Hall–Kier alpha value is -1.82. The lowest BCUT2D eigenvalue weighted by Gasteiger charge is -2.08. The summed E-state index contributed by atoms with van der Waals surface area (Å²) < 4.78 is 12.9. The second-order valence-corrected chi connectivity index (χ2v) is 4.23. The fourth-order valence-corrected chi connectivity index (χ4v) is 2.09. The molecule has 0 bridgehead atoms. The number of nitrogens with one attached hydrogen (secondary N) is 1. The van der Waals surface area contributed by atoms with Crippen molar-refractivity contribution in [3.8, 4) is 6.07 Å². The van der Waals surface area contributed by atoms with Crippen LogP contribution in [-0.4, -0.2) is 6.54 Å². The summed E-state index contributed by atoms with van der Waals surface area (Å²) in [5, 5.41) is 12.1. The lowest BCUT2D eigenvalue weighted by atomic mass is 10.1. The molecule has 1 aliphatic rings. The number of anilines is 1. The van der Waals surface area contributed by atoms with Gasteiger partial charge in [-0.1, -0.05) is 11.6 Å². The topological polar surface area (TPSA) is 35.8 Å². The van der Waals surface area contributed by atoms with E-state index >= 15 is 0 Å². The van der Waals surface area contributed by atoms with Gasteiger partial charge in [0, 0.05) is 6.54 Å². The molecule has 17 heavy (non-hydrogen) atoms. The van der Waals surface area contributed by atoms with E-state index in [0.29, 0.717) is 11.3 Å². The van der Waals surface area contributed by atoms with E-state index in [4.69, 9.17) is 5.26 Å². The number of halogens is 1. The highest BCUT2D eigenvalue weighted by Gasteiger charge is 2.06. The fraction of sp³-hybridized carbons (Fsp3) is 0.357. The number of benzene rings is 1. The van der Waals surface area contributed by atoms with Crippen molar-refractivity contribution in [1.29, 1.82) is 5.26 Å². The van der Waals surface area contributed by atoms with Gasteiger partial charge in [0.15, 0.2) is 0 Å². The Morgan fingerprint density at radius 3 is 3.00 bits per heavy atom. The van der Waals surface area contributed by atoms with Gasteiger partial charge in [-0.25, -0.2) is 4.39 Å². The summed E-state index contributed by atoms with van der Waals surface area (Å²) in [5.41, 5.74) is 2.57. The highest BCUT2D eigenvalue weighted by atomic mass is 19.1. The summed E-state index contributed by atoms with van der Waals surface area (Å²) in [6, 6.07) is 6.25. The van der Waals surface area contributed by atoms with Gasteiger partial charge in [-0.2, -0.15) is 5.26 Å². The van der Waals surface area contributed by atoms with E-state index in [1.807, 2.05) is 6.07 Å². The average Bonchev–Trinajstić information content (AvgIpc) is 2.84. The smallest absolute Gasteiger partial charge is 0.124 e. The highest BCUT2D eigenvalue weighted by Crippen LogP contribution is 2.21. The minimum atomic E-state index is -0.370. The number of nitrogens with zero attached hydrogens (tertiary/aromatic N) is 1. The van der Waals surface area contributed by atoms with Gasteiger partial charge in [0.2, 0.25) is 0 Å². The summed E-state index contributed by atoms with van der Waals surface area (Å²) in [6.45, 7) is 0.798. The molecule has 1 N–H and O–H groups in total. The van der Waals surface area contributed by atoms with Crippen LogP contribution in [0, 0.1) is 17.1 Å². The van der Waals surface area contributed by atoms with E-state index in [9.17, 15) is 4.39 Å². The maximum Gasteiger partial charge on any atom is 0.124 e. The minimum absolute atomic E-state index is 0.366. The second kappa shape index (κ2) is 5.49. The minimum Gasteiger partial charge on any atom is -0.384 e. The van der Waals surface area contributed by atoms with Crippen LogP contribution in [0.15, 0.2) is 29.8 Å². The van der Waals surface area contributed by atoms with E-state index in [0.717, 1.165) is 13.0 Å². The molecule has 0 aliphatic heterocycles. The third-order valence-electron chi connectivity index (χ3n) is 3.00. The first-order valence-electron chi connectivity index (χ1n) is 5.91. The van der Waals surface area contributed by atoms with Gasteiger partial charge in [-0.3, -0.25) is 0 Å². The van der Waals surface area contributed by atoms with E-state index in [1.54, 1.807) is 6.07 Å². The van der Waals surface area contributed by atoms with E-state index in [-0.39, 0.29) is 5.82 Å². The Morgan fingerprint density at radius 2 is 2.29 bits per heavy atom. The van der Waals surface area contributed by atoms with Gasteiger partial charge in [0.25, 0.3) is 0 Å². The molecule has 2 nitrogen and oxygen atoms in total. The zero-order chi connectivity index (χ0) is 12.1. The molecule has 0 spiro atoms. The van der Waals surface area contributed by atoms with Gasteiger partial charge < -0.3 is 5.32 Å².